The lowest BCUT2D eigenvalue weighted by atomic mass is 10.1. The van der Waals surface area contributed by atoms with Crippen LogP contribution in [0.15, 0.2) is 34.4 Å². The van der Waals surface area contributed by atoms with E-state index in [-0.39, 0.29) is 0 Å². The molecule has 0 aliphatic heterocycles. The number of aromatic nitrogens is 2. The number of hydrogen-bond donors (Lipinski definition) is 1. The second-order valence-electron chi connectivity index (χ2n) is 4.70. The molecule has 1 aliphatic rings. The molecule has 0 amide bonds. The molecule has 0 saturated heterocycles. The van der Waals surface area contributed by atoms with Crippen molar-refractivity contribution < 1.29 is 4.74 Å². The SMILES string of the molecule is CNc1ncnc(Sc2ccc3c(c2)CCC3)c1OC. The number of hydrogen-bond acceptors (Lipinski definition) is 5. The molecule has 104 valence electrons. The second kappa shape index (κ2) is 5.71. The van der Waals surface area contributed by atoms with Crippen molar-refractivity contribution in [3.05, 3.63) is 35.7 Å². The number of anilines is 1. The molecule has 5 heteroatoms. The zero-order valence-electron chi connectivity index (χ0n) is 11.6. The van der Waals surface area contributed by atoms with E-state index in [1.807, 2.05) is 7.05 Å². The van der Waals surface area contributed by atoms with Crippen molar-refractivity contribution in [2.24, 2.45) is 0 Å². The Kier molecular flexibility index (Phi) is 3.78. The molecule has 0 bridgehead atoms. The summed E-state index contributed by atoms with van der Waals surface area (Å²) in [7, 11) is 3.47. The maximum Gasteiger partial charge on any atom is 0.194 e. The monoisotopic (exact) mass is 287 g/mol. The molecule has 1 N–H and O–H groups in total. The van der Waals surface area contributed by atoms with Crippen LogP contribution in [-0.4, -0.2) is 24.1 Å². The predicted octanol–water partition coefficient (Wildman–Crippen LogP) is 3.17. The zero-order valence-corrected chi connectivity index (χ0v) is 12.5. The van der Waals surface area contributed by atoms with E-state index in [1.54, 1.807) is 25.2 Å². The van der Waals surface area contributed by atoms with Crippen molar-refractivity contribution >= 4 is 17.6 Å². The van der Waals surface area contributed by atoms with Gasteiger partial charge in [0.25, 0.3) is 0 Å². The van der Waals surface area contributed by atoms with Gasteiger partial charge in [-0.05, 0) is 42.5 Å². The highest BCUT2D eigenvalue weighted by molar-refractivity contribution is 7.99. The Morgan fingerprint density at radius 2 is 2.05 bits per heavy atom. The number of benzene rings is 1. The van der Waals surface area contributed by atoms with E-state index in [9.17, 15) is 0 Å². The largest absolute Gasteiger partial charge is 0.490 e. The molecule has 20 heavy (non-hydrogen) atoms. The number of nitrogens with zero attached hydrogens (tertiary/aromatic N) is 2. The first-order chi connectivity index (χ1) is 9.81. The van der Waals surface area contributed by atoms with E-state index in [1.165, 1.54) is 35.3 Å². The molecule has 1 aliphatic carbocycles. The van der Waals surface area contributed by atoms with Gasteiger partial charge in [-0.25, -0.2) is 9.97 Å². The fraction of sp³-hybridized carbons (Fsp3) is 0.333. The van der Waals surface area contributed by atoms with Crippen molar-refractivity contribution in [1.29, 1.82) is 0 Å². The third-order valence-electron chi connectivity index (χ3n) is 3.50. The van der Waals surface area contributed by atoms with E-state index in [0.29, 0.717) is 11.6 Å². The fourth-order valence-corrected chi connectivity index (χ4v) is 3.45. The molecule has 1 aromatic heterocycles. The highest BCUT2D eigenvalue weighted by Crippen LogP contribution is 2.37. The quantitative estimate of drug-likeness (QED) is 0.875. The normalized spacial score (nSPS) is 13.1. The van der Waals surface area contributed by atoms with Crippen molar-refractivity contribution in [3.8, 4) is 5.75 Å². The number of fused-ring (bicyclic) bond motifs is 1. The van der Waals surface area contributed by atoms with Gasteiger partial charge in [-0.2, -0.15) is 0 Å². The highest BCUT2D eigenvalue weighted by Gasteiger charge is 2.15. The van der Waals surface area contributed by atoms with Crippen LogP contribution < -0.4 is 10.1 Å². The van der Waals surface area contributed by atoms with E-state index in [2.05, 4.69) is 33.5 Å². The number of ether oxygens (including phenoxy) is 1. The minimum Gasteiger partial charge on any atom is -0.490 e. The summed E-state index contributed by atoms with van der Waals surface area (Å²) < 4.78 is 5.42. The van der Waals surface area contributed by atoms with Crippen LogP contribution in [0.2, 0.25) is 0 Å². The van der Waals surface area contributed by atoms with Crippen LogP contribution in [0, 0.1) is 0 Å². The van der Waals surface area contributed by atoms with Gasteiger partial charge in [0.2, 0.25) is 0 Å². The topological polar surface area (TPSA) is 47.0 Å². The van der Waals surface area contributed by atoms with Gasteiger partial charge in [0.05, 0.1) is 7.11 Å². The van der Waals surface area contributed by atoms with E-state index in [0.717, 1.165) is 5.03 Å². The summed E-state index contributed by atoms with van der Waals surface area (Å²) in [5.41, 5.74) is 2.96. The molecule has 0 spiro atoms. The van der Waals surface area contributed by atoms with Crippen molar-refractivity contribution in [3.63, 3.8) is 0 Å². The van der Waals surface area contributed by atoms with Crippen LogP contribution in [-0.2, 0) is 12.8 Å². The minimum absolute atomic E-state index is 0.695. The number of rotatable bonds is 4. The zero-order chi connectivity index (χ0) is 13.9. The fourth-order valence-electron chi connectivity index (χ4n) is 2.52. The highest BCUT2D eigenvalue weighted by atomic mass is 32.2. The Morgan fingerprint density at radius 1 is 1.20 bits per heavy atom. The lowest BCUT2D eigenvalue weighted by Crippen LogP contribution is -1.99. The third-order valence-corrected chi connectivity index (χ3v) is 4.47. The Hall–Kier alpha value is -1.75. The molecule has 0 radical (unpaired) electrons. The number of methoxy groups -OCH3 is 1. The first kappa shape index (κ1) is 13.2. The van der Waals surface area contributed by atoms with Gasteiger partial charge in [-0.1, -0.05) is 17.8 Å². The molecule has 1 heterocycles. The van der Waals surface area contributed by atoms with Gasteiger partial charge in [0.15, 0.2) is 11.6 Å². The molecule has 2 aromatic rings. The van der Waals surface area contributed by atoms with Gasteiger partial charge in [-0.3, -0.25) is 0 Å². The van der Waals surface area contributed by atoms with Crippen molar-refractivity contribution in [2.75, 3.05) is 19.5 Å². The third kappa shape index (κ3) is 2.45. The first-order valence-electron chi connectivity index (χ1n) is 6.68. The van der Waals surface area contributed by atoms with E-state index < -0.39 is 0 Å². The van der Waals surface area contributed by atoms with Crippen molar-refractivity contribution in [1.82, 2.24) is 9.97 Å². The Labute approximate surface area is 123 Å². The molecule has 0 unspecified atom stereocenters. The average molecular weight is 287 g/mol. The Balaban J connectivity index is 1.91. The average Bonchev–Trinajstić information content (AvgIpc) is 2.94. The lowest BCUT2D eigenvalue weighted by molar-refractivity contribution is 0.400. The maximum atomic E-state index is 5.42. The molecule has 0 atom stereocenters. The van der Waals surface area contributed by atoms with E-state index >= 15 is 0 Å². The summed E-state index contributed by atoms with van der Waals surface area (Å²) in [4.78, 5) is 9.70. The summed E-state index contributed by atoms with van der Waals surface area (Å²) in [6, 6.07) is 6.67. The van der Waals surface area contributed by atoms with Crippen LogP contribution in [0.1, 0.15) is 17.5 Å². The van der Waals surface area contributed by atoms with Crippen LogP contribution >= 0.6 is 11.8 Å². The first-order valence-corrected chi connectivity index (χ1v) is 7.50. The number of aryl methyl sites for hydroxylation is 2. The van der Waals surface area contributed by atoms with Gasteiger partial charge < -0.3 is 10.1 Å². The number of nitrogens with one attached hydrogen (secondary N) is 1. The Bertz CT molecular complexity index is 631. The molecule has 0 fully saturated rings. The van der Waals surface area contributed by atoms with Crippen LogP contribution in [0.3, 0.4) is 0 Å². The Morgan fingerprint density at radius 3 is 2.85 bits per heavy atom. The van der Waals surface area contributed by atoms with Gasteiger partial charge in [-0.15, -0.1) is 0 Å². The van der Waals surface area contributed by atoms with Crippen LogP contribution in [0.4, 0.5) is 5.82 Å². The van der Waals surface area contributed by atoms with Crippen LogP contribution in [0.5, 0.6) is 5.75 Å². The summed E-state index contributed by atoms with van der Waals surface area (Å²) in [5.74, 6) is 1.41. The summed E-state index contributed by atoms with van der Waals surface area (Å²) in [6.07, 6.45) is 5.22. The van der Waals surface area contributed by atoms with Gasteiger partial charge >= 0.3 is 0 Å². The summed E-state index contributed by atoms with van der Waals surface area (Å²) in [6.45, 7) is 0. The summed E-state index contributed by atoms with van der Waals surface area (Å²) in [5, 5.41) is 3.86. The molecule has 0 saturated carbocycles. The smallest absolute Gasteiger partial charge is 0.194 e. The molecule has 3 rings (SSSR count). The van der Waals surface area contributed by atoms with E-state index in [4.69, 9.17) is 4.74 Å². The summed E-state index contributed by atoms with van der Waals surface area (Å²) >= 11 is 1.62. The molecule has 1 aromatic carbocycles. The van der Waals surface area contributed by atoms with Crippen LogP contribution in [0.25, 0.3) is 0 Å². The molecule has 4 nitrogen and oxygen atoms in total. The van der Waals surface area contributed by atoms with Gasteiger partial charge in [0, 0.05) is 11.9 Å². The minimum atomic E-state index is 0.695. The predicted molar refractivity (Wildman–Crippen MR) is 80.7 cm³/mol. The standard InChI is InChI=1S/C15H17N3OS/c1-16-14-13(19-2)15(18-9-17-14)20-12-7-6-10-4-3-5-11(10)8-12/h6-9H,3-5H2,1-2H3,(H,16,17,18). The maximum absolute atomic E-state index is 5.42. The lowest BCUT2D eigenvalue weighted by Gasteiger charge is -2.11. The second-order valence-corrected chi connectivity index (χ2v) is 5.76. The van der Waals surface area contributed by atoms with Crippen molar-refractivity contribution in [2.45, 2.75) is 29.2 Å². The van der Waals surface area contributed by atoms with Gasteiger partial charge in [0.1, 0.15) is 11.4 Å². The molecular formula is C15H17N3OS. The molecular weight excluding hydrogens is 270 g/mol.